The van der Waals surface area contributed by atoms with Crippen molar-refractivity contribution in [2.45, 2.75) is 0 Å². The van der Waals surface area contributed by atoms with Gasteiger partial charge in [0.05, 0.1) is 10.7 Å². The fraction of sp³-hybridized carbons (Fsp3) is 0. The lowest BCUT2D eigenvalue weighted by Gasteiger charge is -2.08. The van der Waals surface area contributed by atoms with Crippen LogP contribution in [0.4, 0.5) is 11.4 Å². The Bertz CT molecular complexity index is 794. The highest BCUT2D eigenvalue weighted by Crippen LogP contribution is 2.28. The van der Waals surface area contributed by atoms with Gasteiger partial charge in [-0.1, -0.05) is 23.2 Å². The molecule has 0 radical (unpaired) electrons. The highest BCUT2D eigenvalue weighted by molar-refractivity contribution is 6.35. The van der Waals surface area contributed by atoms with Gasteiger partial charge in [0.15, 0.2) is 5.82 Å². The number of nitrogens with two attached hydrogens (primary N) is 2. The fourth-order valence-electron chi connectivity index (χ4n) is 1.99. The molecule has 0 aliphatic rings. The summed E-state index contributed by atoms with van der Waals surface area (Å²) in [5.41, 5.74) is 14.0. The maximum Gasteiger partial charge on any atom is 0.187 e. The number of tetrazole rings is 1. The Morgan fingerprint density at radius 2 is 1.67 bits per heavy atom. The molecule has 0 saturated carbocycles. The molecule has 3 aromatic rings. The second-order valence-corrected chi connectivity index (χ2v) is 5.24. The molecule has 1 heterocycles. The Balaban J connectivity index is 2.17. The van der Waals surface area contributed by atoms with E-state index < -0.39 is 0 Å². The summed E-state index contributed by atoms with van der Waals surface area (Å²) in [4.78, 5) is 0. The van der Waals surface area contributed by atoms with Crippen LogP contribution in [0.25, 0.3) is 17.1 Å². The molecule has 0 fully saturated rings. The van der Waals surface area contributed by atoms with Crippen LogP contribution in [0.3, 0.4) is 0 Å². The zero-order chi connectivity index (χ0) is 15.0. The maximum absolute atomic E-state index is 6.19. The van der Waals surface area contributed by atoms with Crippen LogP contribution in [-0.4, -0.2) is 20.2 Å². The van der Waals surface area contributed by atoms with E-state index in [-0.39, 0.29) is 0 Å². The van der Waals surface area contributed by atoms with E-state index in [0.29, 0.717) is 38.5 Å². The van der Waals surface area contributed by atoms with Crippen LogP contribution < -0.4 is 11.5 Å². The van der Waals surface area contributed by atoms with Crippen molar-refractivity contribution in [1.29, 1.82) is 0 Å². The Labute approximate surface area is 130 Å². The SMILES string of the molecule is Nc1cc(N)cc(-c2nnnn2-c2ccc(Cl)cc2Cl)c1. The lowest BCUT2D eigenvalue weighted by molar-refractivity contribution is 0.791. The highest BCUT2D eigenvalue weighted by atomic mass is 35.5. The van der Waals surface area contributed by atoms with Gasteiger partial charge in [-0.25, -0.2) is 0 Å². The van der Waals surface area contributed by atoms with Gasteiger partial charge in [-0.3, -0.25) is 0 Å². The second kappa shape index (κ2) is 5.23. The number of benzene rings is 2. The largest absolute Gasteiger partial charge is 0.399 e. The molecule has 2 aromatic carbocycles. The van der Waals surface area contributed by atoms with Crippen LogP contribution in [0, 0.1) is 0 Å². The molecule has 0 aliphatic carbocycles. The molecule has 0 saturated heterocycles. The first-order valence-electron chi connectivity index (χ1n) is 5.95. The number of anilines is 2. The number of nitrogens with zero attached hydrogens (tertiary/aromatic N) is 4. The minimum Gasteiger partial charge on any atom is -0.399 e. The summed E-state index contributed by atoms with van der Waals surface area (Å²) in [6.07, 6.45) is 0. The van der Waals surface area contributed by atoms with Crippen LogP contribution in [0.5, 0.6) is 0 Å². The van der Waals surface area contributed by atoms with E-state index in [1.807, 2.05) is 0 Å². The van der Waals surface area contributed by atoms with Crippen molar-refractivity contribution >= 4 is 34.6 Å². The van der Waals surface area contributed by atoms with Crippen molar-refractivity contribution < 1.29 is 0 Å². The third-order valence-corrected chi connectivity index (χ3v) is 3.38. The van der Waals surface area contributed by atoms with Gasteiger partial charge in [-0.15, -0.1) is 5.10 Å². The Hall–Kier alpha value is -2.31. The normalized spacial score (nSPS) is 10.8. The predicted molar refractivity (Wildman–Crippen MR) is 83.4 cm³/mol. The predicted octanol–water partition coefficient (Wildman–Crippen LogP) is 2.80. The minimum absolute atomic E-state index is 0.438. The van der Waals surface area contributed by atoms with Gasteiger partial charge in [0.1, 0.15) is 0 Å². The summed E-state index contributed by atoms with van der Waals surface area (Å²) in [5, 5.41) is 12.6. The van der Waals surface area contributed by atoms with Crippen molar-refractivity contribution in [2.75, 3.05) is 11.5 Å². The molecule has 1 aromatic heterocycles. The topological polar surface area (TPSA) is 95.6 Å². The number of halogens is 2. The molecule has 0 aliphatic heterocycles. The van der Waals surface area contributed by atoms with Crippen molar-refractivity contribution in [3.05, 3.63) is 46.4 Å². The number of nitrogen functional groups attached to an aromatic ring is 2. The molecule has 6 nitrogen and oxygen atoms in total. The summed E-state index contributed by atoms with van der Waals surface area (Å²) < 4.78 is 1.51. The summed E-state index contributed by atoms with van der Waals surface area (Å²) in [5.74, 6) is 0.484. The van der Waals surface area contributed by atoms with Gasteiger partial charge in [0.25, 0.3) is 0 Å². The zero-order valence-corrected chi connectivity index (χ0v) is 12.2. The smallest absolute Gasteiger partial charge is 0.187 e. The minimum atomic E-state index is 0.438. The number of hydrogen-bond donors (Lipinski definition) is 2. The first-order chi connectivity index (χ1) is 10.0. The quantitative estimate of drug-likeness (QED) is 0.708. The van der Waals surface area contributed by atoms with Gasteiger partial charge >= 0.3 is 0 Å². The van der Waals surface area contributed by atoms with E-state index in [4.69, 9.17) is 34.7 Å². The first-order valence-corrected chi connectivity index (χ1v) is 6.70. The molecular formula is C13H10Cl2N6. The van der Waals surface area contributed by atoms with Crippen LogP contribution in [-0.2, 0) is 0 Å². The Morgan fingerprint density at radius 1 is 0.952 bits per heavy atom. The van der Waals surface area contributed by atoms with E-state index in [0.717, 1.165) is 0 Å². The van der Waals surface area contributed by atoms with E-state index in [1.165, 1.54) is 4.68 Å². The first kappa shape index (κ1) is 13.7. The fourth-order valence-corrected chi connectivity index (χ4v) is 2.48. The van der Waals surface area contributed by atoms with E-state index >= 15 is 0 Å². The average Bonchev–Trinajstić information content (AvgIpc) is 2.86. The van der Waals surface area contributed by atoms with Crippen LogP contribution >= 0.6 is 23.2 Å². The van der Waals surface area contributed by atoms with Crippen molar-refractivity contribution in [3.8, 4) is 17.1 Å². The van der Waals surface area contributed by atoms with Crippen LogP contribution in [0.15, 0.2) is 36.4 Å². The summed E-state index contributed by atoms with van der Waals surface area (Å²) in [7, 11) is 0. The van der Waals surface area contributed by atoms with E-state index in [9.17, 15) is 0 Å². The maximum atomic E-state index is 6.19. The van der Waals surface area contributed by atoms with E-state index in [1.54, 1.807) is 36.4 Å². The molecule has 21 heavy (non-hydrogen) atoms. The van der Waals surface area contributed by atoms with Crippen molar-refractivity contribution in [2.24, 2.45) is 0 Å². The van der Waals surface area contributed by atoms with Gasteiger partial charge in [-0.05, 0) is 46.8 Å². The lowest BCUT2D eigenvalue weighted by Crippen LogP contribution is -2.01. The van der Waals surface area contributed by atoms with E-state index in [2.05, 4.69) is 15.5 Å². The molecule has 4 N–H and O–H groups in total. The summed E-state index contributed by atoms with van der Waals surface area (Å²) in [6.45, 7) is 0. The van der Waals surface area contributed by atoms with Crippen molar-refractivity contribution in [3.63, 3.8) is 0 Å². The highest BCUT2D eigenvalue weighted by Gasteiger charge is 2.14. The third kappa shape index (κ3) is 2.63. The van der Waals surface area contributed by atoms with Gasteiger partial charge in [0.2, 0.25) is 0 Å². The van der Waals surface area contributed by atoms with Gasteiger partial charge < -0.3 is 11.5 Å². The summed E-state index contributed by atoms with van der Waals surface area (Å²) in [6, 6.07) is 10.2. The standard InChI is InChI=1S/C13H10Cl2N6/c14-8-1-2-12(11(15)5-8)21-13(18-19-20-21)7-3-9(16)6-10(17)4-7/h1-6H,16-17H2. The monoisotopic (exact) mass is 320 g/mol. The zero-order valence-electron chi connectivity index (χ0n) is 10.7. The molecular weight excluding hydrogens is 311 g/mol. The molecule has 106 valence electrons. The average molecular weight is 321 g/mol. The molecule has 0 amide bonds. The Kier molecular flexibility index (Phi) is 3.40. The van der Waals surface area contributed by atoms with Crippen molar-refractivity contribution in [1.82, 2.24) is 20.2 Å². The summed E-state index contributed by atoms with van der Waals surface area (Å²) >= 11 is 12.1. The number of aromatic nitrogens is 4. The van der Waals surface area contributed by atoms with Crippen LogP contribution in [0.1, 0.15) is 0 Å². The molecule has 0 unspecified atom stereocenters. The van der Waals surface area contributed by atoms with Crippen LogP contribution in [0.2, 0.25) is 10.0 Å². The molecule has 0 atom stereocenters. The molecule has 0 spiro atoms. The third-order valence-electron chi connectivity index (χ3n) is 2.84. The Morgan fingerprint density at radius 3 is 2.33 bits per heavy atom. The second-order valence-electron chi connectivity index (χ2n) is 4.40. The number of rotatable bonds is 2. The number of hydrogen-bond acceptors (Lipinski definition) is 5. The molecule has 0 bridgehead atoms. The van der Waals surface area contributed by atoms with Gasteiger partial charge in [-0.2, -0.15) is 4.68 Å². The molecule has 3 rings (SSSR count). The molecule has 8 heteroatoms. The van der Waals surface area contributed by atoms with Gasteiger partial charge in [0, 0.05) is 22.0 Å². The lowest BCUT2D eigenvalue weighted by atomic mass is 10.1.